The van der Waals surface area contributed by atoms with E-state index in [1.54, 1.807) is 6.07 Å². The van der Waals surface area contributed by atoms with Crippen molar-refractivity contribution in [2.75, 3.05) is 18.1 Å². The van der Waals surface area contributed by atoms with Gasteiger partial charge in [0.25, 0.3) is 21.8 Å². The monoisotopic (exact) mass is 393 g/mol. The average molecular weight is 393 g/mol. The van der Waals surface area contributed by atoms with Crippen molar-refractivity contribution in [3.8, 4) is 0 Å². The maximum atomic E-state index is 12.6. The Balaban J connectivity index is 1.72. The van der Waals surface area contributed by atoms with Crippen LogP contribution in [0.25, 0.3) is 0 Å². The summed E-state index contributed by atoms with van der Waals surface area (Å²) in [6.45, 7) is -0.241. The van der Waals surface area contributed by atoms with Crippen molar-refractivity contribution in [2.45, 2.75) is 16.2 Å². The Morgan fingerprint density at radius 1 is 1.20 bits per heavy atom. The SMILES string of the molecule is Nn1c(SCCN2C(=O)c3ccccc3S2(=O)=O)nnc1C(F)(F)F. The standard InChI is InChI=1S/C12H10F3N5O3S2/c13-12(14,15)10-17-18-11(20(10)16)24-6-5-19-9(21)7-3-1-2-4-8(7)25(19,22)23/h1-4H,5-6,16H2. The Bertz CT molecular complexity index is 942. The molecule has 25 heavy (non-hydrogen) atoms. The summed E-state index contributed by atoms with van der Waals surface area (Å²) in [6, 6.07) is 5.76. The number of sulfonamides is 1. The lowest BCUT2D eigenvalue weighted by Crippen LogP contribution is -2.32. The Hall–Kier alpha value is -2.28. The number of aromatic nitrogens is 3. The molecule has 1 amide bonds. The van der Waals surface area contributed by atoms with Crippen LogP contribution in [0.2, 0.25) is 0 Å². The van der Waals surface area contributed by atoms with E-state index in [9.17, 15) is 26.4 Å². The van der Waals surface area contributed by atoms with Crippen LogP contribution in [-0.4, -0.2) is 45.8 Å². The van der Waals surface area contributed by atoms with Gasteiger partial charge in [-0.2, -0.15) is 13.2 Å². The summed E-state index contributed by atoms with van der Waals surface area (Å²) in [4.78, 5) is 12.1. The van der Waals surface area contributed by atoms with Gasteiger partial charge in [-0.05, 0) is 12.1 Å². The van der Waals surface area contributed by atoms with Gasteiger partial charge in [0.15, 0.2) is 0 Å². The molecule has 0 bridgehead atoms. The highest BCUT2D eigenvalue weighted by atomic mass is 32.2. The number of halogens is 3. The Morgan fingerprint density at radius 3 is 2.48 bits per heavy atom. The van der Waals surface area contributed by atoms with Gasteiger partial charge in [-0.25, -0.2) is 17.4 Å². The molecule has 2 heterocycles. The maximum absolute atomic E-state index is 12.6. The third-order valence-electron chi connectivity index (χ3n) is 3.36. The smallest absolute Gasteiger partial charge is 0.335 e. The van der Waals surface area contributed by atoms with Crippen LogP contribution in [0.3, 0.4) is 0 Å². The number of benzene rings is 1. The highest BCUT2D eigenvalue weighted by molar-refractivity contribution is 7.99. The normalized spacial score (nSPS) is 16.3. The lowest BCUT2D eigenvalue weighted by molar-refractivity contribution is -0.146. The fourth-order valence-corrected chi connectivity index (χ4v) is 4.71. The summed E-state index contributed by atoms with van der Waals surface area (Å²) in [6.07, 6.45) is -4.75. The van der Waals surface area contributed by atoms with E-state index in [0.717, 1.165) is 11.8 Å². The van der Waals surface area contributed by atoms with Gasteiger partial charge in [0.05, 0.1) is 5.56 Å². The van der Waals surface area contributed by atoms with Gasteiger partial charge in [0.1, 0.15) is 4.90 Å². The molecule has 0 atom stereocenters. The van der Waals surface area contributed by atoms with Crippen LogP contribution >= 0.6 is 11.8 Å². The number of amides is 1. The lowest BCUT2D eigenvalue weighted by atomic mass is 10.2. The number of nitrogens with two attached hydrogens (primary N) is 1. The van der Waals surface area contributed by atoms with E-state index in [-0.39, 0.29) is 32.6 Å². The van der Waals surface area contributed by atoms with Crippen LogP contribution in [0.15, 0.2) is 34.3 Å². The molecule has 2 N–H and O–H groups in total. The second kappa shape index (κ2) is 5.91. The van der Waals surface area contributed by atoms with Gasteiger partial charge in [-0.3, -0.25) is 4.79 Å². The molecule has 1 aromatic heterocycles. The highest BCUT2D eigenvalue weighted by Crippen LogP contribution is 2.31. The molecular formula is C12H10F3N5O3S2. The number of hydrogen-bond acceptors (Lipinski definition) is 7. The predicted octanol–water partition coefficient (Wildman–Crippen LogP) is 0.948. The topological polar surface area (TPSA) is 111 Å². The minimum atomic E-state index is -4.75. The number of hydrogen-bond donors (Lipinski definition) is 1. The van der Waals surface area contributed by atoms with Gasteiger partial charge < -0.3 is 5.84 Å². The van der Waals surface area contributed by atoms with Crippen molar-refractivity contribution in [3.05, 3.63) is 35.7 Å². The predicted molar refractivity (Wildman–Crippen MR) is 80.6 cm³/mol. The van der Waals surface area contributed by atoms with Crippen LogP contribution in [0.4, 0.5) is 13.2 Å². The zero-order valence-corrected chi connectivity index (χ0v) is 13.9. The molecule has 13 heteroatoms. The van der Waals surface area contributed by atoms with Crippen molar-refractivity contribution in [1.29, 1.82) is 0 Å². The molecule has 0 unspecified atom stereocenters. The third-order valence-corrected chi connectivity index (χ3v) is 6.12. The van der Waals surface area contributed by atoms with Crippen LogP contribution in [0, 0.1) is 0 Å². The first-order valence-corrected chi connectivity index (χ1v) is 9.13. The number of thioether (sulfide) groups is 1. The molecule has 134 valence electrons. The minimum absolute atomic E-state index is 0.0356. The lowest BCUT2D eigenvalue weighted by Gasteiger charge is -2.14. The molecule has 0 spiro atoms. The zero-order chi connectivity index (χ0) is 18.4. The van der Waals surface area contributed by atoms with Crippen molar-refractivity contribution in [1.82, 2.24) is 19.2 Å². The van der Waals surface area contributed by atoms with Crippen molar-refractivity contribution < 1.29 is 26.4 Å². The number of carbonyl (C=O) groups excluding carboxylic acids is 1. The number of carbonyl (C=O) groups is 1. The number of alkyl halides is 3. The molecule has 0 radical (unpaired) electrons. The van der Waals surface area contributed by atoms with Gasteiger partial charge in [0, 0.05) is 12.3 Å². The van der Waals surface area contributed by atoms with E-state index in [1.165, 1.54) is 18.2 Å². The van der Waals surface area contributed by atoms with Crippen molar-refractivity contribution in [3.63, 3.8) is 0 Å². The molecule has 0 saturated heterocycles. The number of rotatable bonds is 4. The van der Waals surface area contributed by atoms with Crippen molar-refractivity contribution >= 4 is 27.7 Å². The van der Waals surface area contributed by atoms with E-state index in [2.05, 4.69) is 10.2 Å². The summed E-state index contributed by atoms with van der Waals surface area (Å²) in [5.41, 5.74) is 0.0637. The summed E-state index contributed by atoms with van der Waals surface area (Å²) in [7, 11) is -3.96. The number of fused-ring (bicyclic) bond motifs is 1. The molecule has 1 aliphatic rings. The molecule has 0 aliphatic carbocycles. The van der Waals surface area contributed by atoms with Gasteiger partial charge in [0.2, 0.25) is 5.16 Å². The van der Waals surface area contributed by atoms with E-state index in [0.29, 0.717) is 4.31 Å². The number of nitrogen functional groups attached to an aromatic ring is 1. The fraction of sp³-hybridized carbons (Fsp3) is 0.250. The molecule has 2 aromatic rings. The van der Waals surface area contributed by atoms with Crippen molar-refractivity contribution in [2.24, 2.45) is 0 Å². The Kier molecular flexibility index (Phi) is 4.15. The molecule has 8 nitrogen and oxygen atoms in total. The van der Waals surface area contributed by atoms with Crippen LogP contribution in [0.1, 0.15) is 16.2 Å². The molecule has 1 aromatic carbocycles. The van der Waals surface area contributed by atoms with Gasteiger partial charge in [-0.15, -0.1) is 10.2 Å². The minimum Gasteiger partial charge on any atom is -0.335 e. The summed E-state index contributed by atoms with van der Waals surface area (Å²) >= 11 is 0.758. The largest absolute Gasteiger partial charge is 0.453 e. The highest BCUT2D eigenvalue weighted by Gasteiger charge is 2.41. The van der Waals surface area contributed by atoms with E-state index in [1.807, 2.05) is 0 Å². The average Bonchev–Trinajstić information content (AvgIpc) is 2.99. The molecule has 0 fully saturated rings. The van der Waals surface area contributed by atoms with E-state index < -0.39 is 27.9 Å². The van der Waals surface area contributed by atoms with Crippen LogP contribution < -0.4 is 5.84 Å². The number of nitrogens with zero attached hydrogens (tertiary/aromatic N) is 4. The van der Waals surface area contributed by atoms with E-state index in [4.69, 9.17) is 5.84 Å². The first-order chi connectivity index (χ1) is 11.6. The molecule has 0 saturated carbocycles. The Morgan fingerprint density at radius 2 is 1.88 bits per heavy atom. The molecule has 1 aliphatic heterocycles. The Labute approximate surface area is 143 Å². The third kappa shape index (κ3) is 2.93. The summed E-state index contributed by atoms with van der Waals surface area (Å²) < 4.78 is 63.4. The molecular weight excluding hydrogens is 383 g/mol. The molecule has 3 rings (SSSR count). The first-order valence-electron chi connectivity index (χ1n) is 6.70. The van der Waals surface area contributed by atoms with Gasteiger partial charge >= 0.3 is 6.18 Å². The van der Waals surface area contributed by atoms with Crippen LogP contribution in [-0.2, 0) is 16.2 Å². The quantitative estimate of drug-likeness (QED) is 0.608. The summed E-state index contributed by atoms with van der Waals surface area (Å²) in [5, 5.41) is 6.03. The van der Waals surface area contributed by atoms with Gasteiger partial charge in [-0.1, -0.05) is 23.9 Å². The van der Waals surface area contributed by atoms with Crippen LogP contribution in [0.5, 0.6) is 0 Å². The second-order valence-electron chi connectivity index (χ2n) is 4.90. The summed E-state index contributed by atoms with van der Waals surface area (Å²) in [5.74, 6) is 3.20. The maximum Gasteiger partial charge on any atom is 0.453 e. The second-order valence-corrected chi connectivity index (χ2v) is 7.79. The van der Waals surface area contributed by atoms with E-state index >= 15 is 0 Å². The first kappa shape index (κ1) is 17.5. The fourth-order valence-electron chi connectivity index (χ4n) is 2.24. The zero-order valence-electron chi connectivity index (χ0n) is 12.3.